The van der Waals surface area contributed by atoms with Crippen molar-refractivity contribution in [2.45, 2.75) is 25.9 Å². The Morgan fingerprint density at radius 3 is 2.75 bits per heavy atom. The number of likely N-dealkylation sites (tertiary alicyclic amines) is 1. The van der Waals surface area contributed by atoms with E-state index in [2.05, 4.69) is 4.98 Å². The molecule has 0 aliphatic carbocycles. The molecule has 1 saturated heterocycles. The van der Waals surface area contributed by atoms with Gasteiger partial charge in [-0.2, -0.15) is 0 Å². The summed E-state index contributed by atoms with van der Waals surface area (Å²) < 4.78 is 0. The molecule has 4 heteroatoms. The molecule has 1 N–H and O–H groups in total. The maximum Gasteiger partial charge on any atom is 0.253 e. The van der Waals surface area contributed by atoms with E-state index in [9.17, 15) is 9.90 Å². The molecule has 20 heavy (non-hydrogen) atoms. The fourth-order valence-electron chi connectivity index (χ4n) is 2.61. The molecule has 1 aliphatic heterocycles. The molecular formula is C16H18N2O2. The van der Waals surface area contributed by atoms with Gasteiger partial charge in [0.25, 0.3) is 5.91 Å². The first kappa shape index (κ1) is 13.1. The highest BCUT2D eigenvalue weighted by Gasteiger charge is 2.22. The summed E-state index contributed by atoms with van der Waals surface area (Å²) in [4.78, 5) is 18.7. The summed E-state index contributed by atoms with van der Waals surface area (Å²) in [6.07, 6.45) is 1.07. The van der Waals surface area contributed by atoms with Gasteiger partial charge in [-0.15, -0.1) is 0 Å². The van der Waals surface area contributed by atoms with Gasteiger partial charge in [-0.1, -0.05) is 6.07 Å². The highest BCUT2D eigenvalue weighted by atomic mass is 16.3. The number of pyridine rings is 1. The number of aromatic nitrogens is 1. The number of aliphatic hydroxyl groups is 1. The fourth-order valence-corrected chi connectivity index (χ4v) is 2.61. The van der Waals surface area contributed by atoms with E-state index in [1.54, 1.807) is 0 Å². The van der Waals surface area contributed by atoms with Crippen LogP contribution in [-0.4, -0.2) is 40.1 Å². The van der Waals surface area contributed by atoms with Gasteiger partial charge in [0.2, 0.25) is 0 Å². The molecule has 0 bridgehead atoms. The second-order valence-corrected chi connectivity index (χ2v) is 5.38. The fraction of sp³-hybridized carbons (Fsp3) is 0.375. The van der Waals surface area contributed by atoms with Crippen LogP contribution in [0.15, 0.2) is 30.3 Å². The Labute approximate surface area is 118 Å². The van der Waals surface area contributed by atoms with Crippen molar-refractivity contribution in [3.8, 4) is 0 Å². The van der Waals surface area contributed by atoms with Crippen LogP contribution in [0.25, 0.3) is 10.9 Å². The number of nitrogens with zero attached hydrogens (tertiary/aromatic N) is 2. The van der Waals surface area contributed by atoms with Crippen molar-refractivity contribution in [1.82, 2.24) is 9.88 Å². The molecule has 0 unspecified atom stereocenters. The van der Waals surface area contributed by atoms with Gasteiger partial charge in [-0.3, -0.25) is 9.78 Å². The van der Waals surface area contributed by atoms with Crippen LogP contribution in [-0.2, 0) is 0 Å². The molecule has 1 aromatic heterocycles. The second kappa shape index (κ2) is 5.21. The van der Waals surface area contributed by atoms with Crippen molar-refractivity contribution >= 4 is 16.8 Å². The summed E-state index contributed by atoms with van der Waals surface area (Å²) in [5.41, 5.74) is 2.58. The molecule has 1 fully saturated rings. The van der Waals surface area contributed by atoms with Crippen LogP contribution in [0.5, 0.6) is 0 Å². The molecule has 0 radical (unpaired) electrons. The largest absolute Gasteiger partial charge is 0.393 e. The predicted octanol–water partition coefficient (Wildman–Crippen LogP) is 2.14. The predicted molar refractivity (Wildman–Crippen MR) is 77.6 cm³/mol. The topological polar surface area (TPSA) is 53.4 Å². The lowest BCUT2D eigenvalue weighted by molar-refractivity contribution is 0.0546. The Morgan fingerprint density at radius 2 is 2.00 bits per heavy atom. The molecular weight excluding hydrogens is 252 g/mol. The molecule has 4 nitrogen and oxygen atoms in total. The molecule has 2 heterocycles. The summed E-state index contributed by atoms with van der Waals surface area (Å²) in [6, 6.07) is 9.58. The van der Waals surface area contributed by atoms with E-state index in [4.69, 9.17) is 0 Å². The first-order valence-electron chi connectivity index (χ1n) is 6.98. The average molecular weight is 270 g/mol. The standard InChI is InChI=1S/C16H18N2O2/c1-11-2-3-12-10-13(4-5-15(12)17-11)16(20)18-8-6-14(19)7-9-18/h2-5,10,14,19H,6-9H2,1H3. The maximum absolute atomic E-state index is 12.4. The van der Waals surface area contributed by atoms with Gasteiger partial charge in [0.1, 0.15) is 0 Å². The number of benzene rings is 1. The zero-order valence-corrected chi connectivity index (χ0v) is 11.5. The SMILES string of the molecule is Cc1ccc2cc(C(=O)N3CCC(O)CC3)ccc2n1. The van der Waals surface area contributed by atoms with Crippen molar-refractivity contribution in [2.75, 3.05) is 13.1 Å². The number of aryl methyl sites for hydroxylation is 1. The minimum absolute atomic E-state index is 0.0411. The van der Waals surface area contributed by atoms with E-state index >= 15 is 0 Å². The molecule has 0 atom stereocenters. The molecule has 2 aromatic rings. The molecule has 0 saturated carbocycles. The normalized spacial score (nSPS) is 16.6. The van der Waals surface area contributed by atoms with E-state index < -0.39 is 0 Å². The first-order chi connectivity index (χ1) is 9.63. The number of carbonyl (C=O) groups is 1. The third-order valence-corrected chi connectivity index (χ3v) is 3.83. The van der Waals surface area contributed by atoms with Crippen LogP contribution in [0.2, 0.25) is 0 Å². The Hall–Kier alpha value is -1.94. The van der Waals surface area contributed by atoms with Crippen LogP contribution >= 0.6 is 0 Å². The van der Waals surface area contributed by atoms with Crippen molar-refractivity contribution in [2.24, 2.45) is 0 Å². The highest BCUT2D eigenvalue weighted by molar-refractivity contribution is 5.98. The number of aliphatic hydroxyl groups excluding tert-OH is 1. The van der Waals surface area contributed by atoms with Gasteiger partial charge in [0, 0.05) is 29.7 Å². The van der Waals surface area contributed by atoms with Crippen molar-refractivity contribution in [1.29, 1.82) is 0 Å². The van der Waals surface area contributed by atoms with E-state index in [0.29, 0.717) is 31.5 Å². The number of rotatable bonds is 1. The van der Waals surface area contributed by atoms with Crippen molar-refractivity contribution in [3.05, 3.63) is 41.6 Å². The highest BCUT2D eigenvalue weighted by Crippen LogP contribution is 2.18. The molecule has 104 valence electrons. The Morgan fingerprint density at radius 1 is 1.25 bits per heavy atom. The third-order valence-electron chi connectivity index (χ3n) is 3.83. The van der Waals surface area contributed by atoms with Gasteiger partial charge in [-0.25, -0.2) is 0 Å². The zero-order chi connectivity index (χ0) is 14.1. The summed E-state index contributed by atoms with van der Waals surface area (Å²) >= 11 is 0. The van der Waals surface area contributed by atoms with E-state index in [1.165, 1.54) is 0 Å². The smallest absolute Gasteiger partial charge is 0.253 e. The first-order valence-corrected chi connectivity index (χ1v) is 6.98. The quantitative estimate of drug-likeness (QED) is 0.863. The van der Waals surface area contributed by atoms with Gasteiger partial charge >= 0.3 is 0 Å². The number of hydrogen-bond donors (Lipinski definition) is 1. The van der Waals surface area contributed by atoms with Crippen LogP contribution in [0.4, 0.5) is 0 Å². The van der Waals surface area contributed by atoms with Gasteiger partial charge < -0.3 is 10.0 Å². The van der Waals surface area contributed by atoms with Crippen molar-refractivity contribution in [3.63, 3.8) is 0 Å². The zero-order valence-electron chi connectivity index (χ0n) is 11.5. The lowest BCUT2D eigenvalue weighted by Gasteiger charge is -2.29. The van der Waals surface area contributed by atoms with Crippen LogP contribution in [0, 0.1) is 6.92 Å². The van der Waals surface area contributed by atoms with E-state index in [0.717, 1.165) is 16.6 Å². The maximum atomic E-state index is 12.4. The van der Waals surface area contributed by atoms with Crippen molar-refractivity contribution < 1.29 is 9.90 Å². The van der Waals surface area contributed by atoms with E-state index in [-0.39, 0.29) is 12.0 Å². The third kappa shape index (κ3) is 2.51. The summed E-state index contributed by atoms with van der Waals surface area (Å²) in [5.74, 6) is 0.0411. The van der Waals surface area contributed by atoms with Gasteiger partial charge in [0.05, 0.1) is 11.6 Å². The molecule has 1 aromatic carbocycles. The average Bonchev–Trinajstić information content (AvgIpc) is 2.47. The van der Waals surface area contributed by atoms with Crippen LogP contribution in [0.3, 0.4) is 0 Å². The molecule has 0 spiro atoms. The van der Waals surface area contributed by atoms with Crippen LogP contribution in [0.1, 0.15) is 28.9 Å². The molecule has 3 rings (SSSR count). The number of hydrogen-bond acceptors (Lipinski definition) is 3. The number of carbonyl (C=O) groups excluding carboxylic acids is 1. The van der Waals surface area contributed by atoms with Gasteiger partial charge in [-0.05, 0) is 44.0 Å². The minimum Gasteiger partial charge on any atom is -0.393 e. The minimum atomic E-state index is -0.261. The lowest BCUT2D eigenvalue weighted by atomic mass is 10.1. The summed E-state index contributed by atoms with van der Waals surface area (Å²) in [7, 11) is 0. The number of amides is 1. The number of fused-ring (bicyclic) bond motifs is 1. The Bertz CT molecular complexity index is 646. The summed E-state index contributed by atoms with van der Waals surface area (Å²) in [5, 5.41) is 10.5. The Balaban J connectivity index is 1.86. The monoisotopic (exact) mass is 270 g/mol. The number of piperidine rings is 1. The Kier molecular flexibility index (Phi) is 3.40. The molecule has 1 amide bonds. The van der Waals surface area contributed by atoms with Crippen LogP contribution < -0.4 is 0 Å². The lowest BCUT2D eigenvalue weighted by Crippen LogP contribution is -2.40. The second-order valence-electron chi connectivity index (χ2n) is 5.38. The molecule has 1 aliphatic rings. The summed E-state index contributed by atoms with van der Waals surface area (Å²) in [6.45, 7) is 3.21. The van der Waals surface area contributed by atoms with E-state index in [1.807, 2.05) is 42.2 Å². The van der Waals surface area contributed by atoms with Gasteiger partial charge in [0.15, 0.2) is 0 Å².